The Kier molecular flexibility index (Phi) is 3.71. The highest BCUT2D eigenvalue weighted by Crippen LogP contribution is 2.32. The van der Waals surface area contributed by atoms with Crippen LogP contribution in [0.5, 0.6) is 0 Å². The normalized spacial score (nSPS) is 18.0. The summed E-state index contributed by atoms with van der Waals surface area (Å²) in [4.78, 5) is 26.7. The molecule has 0 aliphatic carbocycles. The second-order valence-corrected chi connectivity index (χ2v) is 6.59. The summed E-state index contributed by atoms with van der Waals surface area (Å²) in [6.07, 6.45) is 4.78. The van der Waals surface area contributed by atoms with Gasteiger partial charge in [0.05, 0.1) is 23.4 Å². The average molecular weight is 340 g/mol. The lowest BCUT2D eigenvalue weighted by atomic mass is 9.96. The van der Waals surface area contributed by atoms with Crippen LogP contribution in [0.4, 0.5) is 0 Å². The molecule has 0 radical (unpaired) electrons. The first-order valence-corrected chi connectivity index (χ1v) is 8.46. The maximum absolute atomic E-state index is 13.2. The van der Waals surface area contributed by atoms with Crippen molar-refractivity contribution in [1.82, 2.24) is 19.7 Å². The molecule has 1 aliphatic rings. The molecule has 1 atom stereocenters. The highest BCUT2D eigenvalue weighted by molar-refractivity contribution is 5.97. The molecule has 130 valence electrons. The van der Waals surface area contributed by atoms with Gasteiger partial charge in [-0.05, 0) is 49.9 Å². The molecule has 1 N–H and O–H groups in total. The third-order valence-electron chi connectivity index (χ3n) is 5.00. The van der Waals surface area contributed by atoms with Crippen LogP contribution in [0.3, 0.4) is 0 Å². The van der Waals surface area contributed by atoms with Gasteiger partial charge in [-0.2, -0.15) is 5.10 Å². The van der Waals surface area contributed by atoms with E-state index in [1.54, 1.807) is 31.4 Å². The standard InChI is InChI=1S/C18H20N4O3/c1-11-10-19-20-16(11)13-5-3-4-8-22(13)17(23)12-6-7-15-14(9-12)21(2)18(24)25-15/h6-7,9-10,13H,3-5,8H2,1-2H3,(H,19,20). The van der Waals surface area contributed by atoms with Crippen molar-refractivity contribution in [2.75, 3.05) is 6.54 Å². The third kappa shape index (κ3) is 2.56. The van der Waals surface area contributed by atoms with Crippen LogP contribution >= 0.6 is 0 Å². The number of benzene rings is 1. The summed E-state index contributed by atoms with van der Waals surface area (Å²) >= 11 is 0. The van der Waals surface area contributed by atoms with Crippen LogP contribution in [0.25, 0.3) is 11.1 Å². The van der Waals surface area contributed by atoms with Gasteiger partial charge in [0.2, 0.25) is 0 Å². The Morgan fingerprint density at radius 3 is 2.96 bits per heavy atom. The van der Waals surface area contributed by atoms with Gasteiger partial charge in [-0.3, -0.25) is 14.5 Å². The van der Waals surface area contributed by atoms with Gasteiger partial charge in [-0.15, -0.1) is 0 Å². The average Bonchev–Trinajstić information content (AvgIpc) is 3.17. The van der Waals surface area contributed by atoms with E-state index in [9.17, 15) is 9.59 Å². The van der Waals surface area contributed by atoms with E-state index in [2.05, 4.69) is 10.2 Å². The van der Waals surface area contributed by atoms with Crippen molar-refractivity contribution in [1.29, 1.82) is 0 Å². The fraction of sp³-hybridized carbons (Fsp3) is 0.389. The molecule has 25 heavy (non-hydrogen) atoms. The van der Waals surface area contributed by atoms with Crippen LogP contribution in [-0.2, 0) is 7.05 Å². The highest BCUT2D eigenvalue weighted by Gasteiger charge is 2.30. The quantitative estimate of drug-likeness (QED) is 0.777. The number of aryl methyl sites for hydroxylation is 2. The molecule has 0 bridgehead atoms. The van der Waals surface area contributed by atoms with Crippen molar-refractivity contribution in [3.8, 4) is 0 Å². The number of nitrogens with zero attached hydrogens (tertiary/aromatic N) is 3. The number of rotatable bonds is 2. The van der Waals surface area contributed by atoms with Gasteiger partial charge in [0, 0.05) is 19.2 Å². The van der Waals surface area contributed by atoms with Crippen molar-refractivity contribution in [2.24, 2.45) is 7.05 Å². The van der Waals surface area contributed by atoms with Gasteiger partial charge in [-0.1, -0.05) is 0 Å². The zero-order valence-corrected chi connectivity index (χ0v) is 14.3. The number of fused-ring (bicyclic) bond motifs is 1. The summed E-state index contributed by atoms with van der Waals surface area (Å²) < 4.78 is 6.56. The molecule has 3 aromatic rings. The fourth-order valence-corrected chi connectivity index (χ4v) is 3.59. The van der Waals surface area contributed by atoms with E-state index < -0.39 is 5.76 Å². The number of amides is 1. The van der Waals surface area contributed by atoms with Gasteiger partial charge in [-0.25, -0.2) is 4.79 Å². The molecule has 7 nitrogen and oxygen atoms in total. The molecule has 2 aromatic heterocycles. The molecule has 1 aromatic carbocycles. The molecule has 1 unspecified atom stereocenters. The van der Waals surface area contributed by atoms with E-state index in [4.69, 9.17) is 4.42 Å². The van der Waals surface area contributed by atoms with Gasteiger partial charge in [0.15, 0.2) is 5.58 Å². The Bertz CT molecular complexity index is 997. The lowest BCUT2D eigenvalue weighted by Gasteiger charge is -2.35. The molecule has 1 amide bonds. The van der Waals surface area contributed by atoms with Gasteiger partial charge < -0.3 is 9.32 Å². The minimum Gasteiger partial charge on any atom is -0.408 e. The topological polar surface area (TPSA) is 84.1 Å². The van der Waals surface area contributed by atoms with Gasteiger partial charge >= 0.3 is 5.76 Å². The second kappa shape index (κ2) is 5.91. The zero-order valence-electron chi connectivity index (χ0n) is 14.3. The van der Waals surface area contributed by atoms with Crippen molar-refractivity contribution in [2.45, 2.75) is 32.2 Å². The third-order valence-corrected chi connectivity index (χ3v) is 5.00. The summed E-state index contributed by atoms with van der Waals surface area (Å²) in [7, 11) is 1.64. The van der Waals surface area contributed by atoms with Crippen LogP contribution in [0.15, 0.2) is 33.6 Å². The number of H-pyrrole nitrogens is 1. The molecule has 7 heteroatoms. The Morgan fingerprint density at radius 2 is 2.20 bits per heavy atom. The van der Waals surface area contributed by atoms with Gasteiger partial charge in [0.25, 0.3) is 5.91 Å². The number of hydrogen-bond acceptors (Lipinski definition) is 4. The minimum atomic E-state index is -0.427. The van der Waals surface area contributed by atoms with E-state index in [1.807, 2.05) is 11.8 Å². The second-order valence-electron chi connectivity index (χ2n) is 6.59. The molecule has 1 fully saturated rings. The Balaban J connectivity index is 1.72. The predicted octanol–water partition coefficient (Wildman–Crippen LogP) is 2.53. The van der Waals surface area contributed by atoms with Crippen molar-refractivity contribution >= 4 is 17.0 Å². The maximum atomic E-state index is 13.2. The SMILES string of the molecule is Cc1cn[nH]c1C1CCCCN1C(=O)c1ccc2oc(=O)n(C)c2c1. The van der Waals surface area contributed by atoms with Gasteiger partial charge in [0.1, 0.15) is 0 Å². The number of piperidine rings is 1. The van der Waals surface area contributed by atoms with Crippen molar-refractivity contribution < 1.29 is 9.21 Å². The van der Waals surface area contributed by atoms with E-state index in [1.165, 1.54) is 4.57 Å². The summed E-state index contributed by atoms with van der Waals surface area (Å²) in [5.74, 6) is -0.460. The molecule has 4 rings (SSSR count). The highest BCUT2D eigenvalue weighted by atomic mass is 16.4. The summed E-state index contributed by atoms with van der Waals surface area (Å²) in [5.41, 5.74) is 3.75. The summed E-state index contributed by atoms with van der Waals surface area (Å²) in [6, 6.07) is 5.14. The Labute approximate surface area is 144 Å². The first-order chi connectivity index (χ1) is 12.1. The van der Waals surface area contributed by atoms with Crippen molar-refractivity contribution in [3.05, 3.63) is 51.8 Å². The monoisotopic (exact) mass is 340 g/mol. The number of hydrogen-bond donors (Lipinski definition) is 1. The molecule has 0 saturated carbocycles. The first-order valence-electron chi connectivity index (χ1n) is 8.46. The van der Waals surface area contributed by atoms with Crippen LogP contribution in [0.2, 0.25) is 0 Å². The zero-order chi connectivity index (χ0) is 17.6. The van der Waals surface area contributed by atoms with Crippen LogP contribution < -0.4 is 5.76 Å². The predicted molar refractivity (Wildman–Crippen MR) is 92.4 cm³/mol. The molecule has 1 aliphatic heterocycles. The number of likely N-dealkylation sites (tertiary alicyclic amines) is 1. The van der Waals surface area contributed by atoms with Crippen LogP contribution in [0.1, 0.15) is 46.9 Å². The van der Waals surface area contributed by atoms with E-state index in [-0.39, 0.29) is 11.9 Å². The number of nitrogens with one attached hydrogen (secondary N) is 1. The fourth-order valence-electron chi connectivity index (χ4n) is 3.59. The summed E-state index contributed by atoms with van der Waals surface area (Å²) in [5, 5.41) is 7.15. The van der Waals surface area contributed by atoms with Crippen LogP contribution in [0, 0.1) is 6.92 Å². The molecule has 1 saturated heterocycles. The first kappa shape index (κ1) is 15.7. The number of aromatic nitrogens is 3. The largest absolute Gasteiger partial charge is 0.419 e. The number of aromatic amines is 1. The van der Waals surface area contributed by atoms with E-state index in [0.717, 1.165) is 30.5 Å². The Morgan fingerprint density at radius 1 is 1.36 bits per heavy atom. The van der Waals surface area contributed by atoms with E-state index in [0.29, 0.717) is 23.2 Å². The Hall–Kier alpha value is -2.83. The molecule has 3 heterocycles. The molecular formula is C18H20N4O3. The van der Waals surface area contributed by atoms with Crippen LogP contribution in [-0.4, -0.2) is 32.1 Å². The number of carbonyl (C=O) groups is 1. The smallest absolute Gasteiger partial charge is 0.408 e. The molecule has 0 spiro atoms. The lowest BCUT2D eigenvalue weighted by Crippen LogP contribution is -2.39. The molecular weight excluding hydrogens is 320 g/mol. The lowest BCUT2D eigenvalue weighted by molar-refractivity contribution is 0.0605. The number of oxazole rings is 1. The minimum absolute atomic E-state index is 0.00705. The van der Waals surface area contributed by atoms with Crippen molar-refractivity contribution in [3.63, 3.8) is 0 Å². The number of carbonyl (C=O) groups excluding carboxylic acids is 1. The maximum Gasteiger partial charge on any atom is 0.419 e. The van der Waals surface area contributed by atoms with E-state index >= 15 is 0 Å². The summed E-state index contributed by atoms with van der Waals surface area (Å²) in [6.45, 7) is 2.72.